The molecular formula is C23H21FN4O2. The fourth-order valence-corrected chi connectivity index (χ4v) is 3.06. The number of halogens is 1. The van der Waals surface area contributed by atoms with Gasteiger partial charge >= 0.3 is 0 Å². The van der Waals surface area contributed by atoms with Gasteiger partial charge in [-0.25, -0.2) is 4.39 Å². The molecule has 3 heterocycles. The highest BCUT2D eigenvalue weighted by Gasteiger charge is 2.13. The van der Waals surface area contributed by atoms with E-state index in [0.29, 0.717) is 12.4 Å². The largest absolute Gasteiger partial charge is 0.495 e. The van der Waals surface area contributed by atoms with Gasteiger partial charge in [-0.3, -0.25) is 14.6 Å². The minimum atomic E-state index is -0.469. The van der Waals surface area contributed by atoms with Crippen molar-refractivity contribution in [3.8, 4) is 33.9 Å². The summed E-state index contributed by atoms with van der Waals surface area (Å²) < 4.78 is 25.4. The van der Waals surface area contributed by atoms with E-state index in [4.69, 9.17) is 9.47 Å². The summed E-state index contributed by atoms with van der Waals surface area (Å²) in [6.07, 6.45) is 6.99. The lowest BCUT2D eigenvalue weighted by Gasteiger charge is -2.08. The number of ether oxygens (including phenoxy) is 2. The first kappa shape index (κ1) is 19.6. The number of methoxy groups -OCH3 is 1. The van der Waals surface area contributed by atoms with Crippen LogP contribution in [0.3, 0.4) is 0 Å². The lowest BCUT2D eigenvalue weighted by Crippen LogP contribution is -2.00. The van der Waals surface area contributed by atoms with Crippen LogP contribution in [-0.4, -0.2) is 33.5 Å². The number of hydrogen-bond acceptors (Lipinski definition) is 5. The van der Waals surface area contributed by atoms with Gasteiger partial charge in [0.1, 0.15) is 30.5 Å². The van der Waals surface area contributed by atoms with Crippen molar-refractivity contribution >= 4 is 0 Å². The van der Waals surface area contributed by atoms with Crippen LogP contribution in [0.15, 0.2) is 73.3 Å². The molecule has 0 saturated carbocycles. The number of hydrogen-bond donors (Lipinski definition) is 0. The van der Waals surface area contributed by atoms with Crippen LogP contribution in [0.25, 0.3) is 22.4 Å². The quantitative estimate of drug-likeness (QED) is 0.431. The number of pyridine rings is 2. The second kappa shape index (κ2) is 9.17. The minimum absolute atomic E-state index is 0.216. The number of alkyl halides is 1. The van der Waals surface area contributed by atoms with E-state index in [9.17, 15) is 4.39 Å². The maximum absolute atomic E-state index is 12.8. The van der Waals surface area contributed by atoms with Crippen molar-refractivity contribution in [3.05, 3.63) is 79.0 Å². The Labute approximate surface area is 174 Å². The van der Waals surface area contributed by atoms with Gasteiger partial charge in [-0.15, -0.1) is 0 Å². The predicted molar refractivity (Wildman–Crippen MR) is 112 cm³/mol. The van der Waals surface area contributed by atoms with Crippen LogP contribution in [0, 0.1) is 0 Å². The number of aryl methyl sites for hydroxylation is 1. The van der Waals surface area contributed by atoms with Gasteiger partial charge in [-0.1, -0.05) is 0 Å². The third kappa shape index (κ3) is 4.46. The van der Waals surface area contributed by atoms with E-state index in [-0.39, 0.29) is 6.54 Å². The molecule has 0 amide bonds. The first-order valence-electron chi connectivity index (χ1n) is 9.53. The fraction of sp³-hybridized carbons (Fsp3) is 0.174. The van der Waals surface area contributed by atoms with Crippen molar-refractivity contribution in [3.63, 3.8) is 0 Å². The summed E-state index contributed by atoms with van der Waals surface area (Å²) >= 11 is 0. The third-order valence-electron chi connectivity index (χ3n) is 4.61. The fourth-order valence-electron chi connectivity index (χ4n) is 3.06. The second-order valence-corrected chi connectivity index (χ2v) is 6.58. The van der Waals surface area contributed by atoms with E-state index >= 15 is 0 Å². The number of rotatable bonds is 8. The van der Waals surface area contributed by atoms with Crippen molar-refractivity contribution in [2.45, 2.75) is 13.2 Å². The Balaban J connectivity index is 1.53. The number of aromatic nitrogens is 4. The molecule has 0 aliphatic heterocycles. The van der Waals surface area contributed by atoms with Crippen molar-refractivity contribution in [1.29, 1.82) is 0 Å². The average molecular weight is 404 g/mol. The van der Waals surface area contributed by atoms with Crippen LogP contribution in [-0.2, 0) is 13.2 Å². The van der Waals surface area contributed by atoms with Crippen molar-refractivity contribution in [2.24, 2.45) is 0 Å². The van der Waals surface area contributed by atoms with Crippen LogP contribution in [0.4, 0.5) is 4.39 Å². The zero-order chi connectivity index (χ0) is 20.8. The van der Waals surface area contributed by atoms with Crippen LogP contribution < -0.4 is 9.47 Å². The van der Waals surface area contributed by atoms with Gasteiger partial charge in [0.2, 0.25) is 0 Å². The van der Waals surface area contributed by atoms with Gasteiger partial charge in [0.05, 0.1) is 25.5 Å². The second-order valence-electron chi connectivity index (χ2n) is 6.58. The van der Waals surface area contributed by atoms with E-state index in [2.05, 4.69) is 15.1 Å². The van der Waals surface area contributed by atoms with Crippen LogP contribution in [0.1, 0.15) is 5.69 Å². The van der Waals surface area contributed by atoms with Gasteiger partial charge in [0.15, 0.2) is 0 Å². The van der Waals surface area contributed by atoms with E-state index in [1.807, 2.05) is 54.7 Å². The van der Waals surface area contributed by atoms with Crippen LogP contribution >= 0.6 is 0 Å². The Hall–Kier alpha value is -3.74. The lowest BCUT2D eigenvalue weighted by atomic mass is 10.0. The Morgan fingerprint density at radius 2 is 1.70 bits per heavy atom. The highest BCUT2D eigenvalue weighted by molar-refractivity contribution is 5.80. The molecule has 1 aromatic carbocycles. The summed E-state index contributed by atoms with van der Waals surface area (Å²) in [5.41, 5.74) is 4.44. The van der Waals surface area contributed by atoms with Crippen LogP contribution in [0.5, 0.6) is 11.5 Å². The Kier molecular flexibility index (Phi) is 5.98. The first-order valence-corrected chi connectivity index (χ1v) is 9.53. The molecule has 0 radical (unpaired) electrons. The molecule has 0 bridgehead atoms. The molecule has 3 aromatic heterocycles. The van der Waals surface area contributed by atoms with Gasteiger partial charge in [-0.2, -0.15) is 5.10 Å². The van der Waals surface area contributed by atoms with Gasteiger partial charge in [-0.05, 0) is 54.1 Å². The molecule has 0 aliphatic carbocycles. The molecule has 0 N–H and O–H groups in total. The van der Waals surface area contributed by atoms with Crippen molar-refractivity contribution in [1.82, 2.24) is 19.7 Å². The smallest absolute Gasteiger partial charge is 0.137 e. The molecule has 0 aliphatic rings. The van der Waals surface area contributed by atoms with E-state index in [1.165, 1.54) is 0 Å². The van der Waals surface area contributed by atoms with Crippen molar-refractivity contribution < 1.29 is 13.9 Å². The molecule has 4 aromatic rings. The Bertz CT molecular complexity index is 1080. The molecule has 30 heavy (non-hydrogen) atoms. The normalized spacial score (nSPS) is 10.7. The predicted octanol–water partition coefficient (Wildman–Crippen LogP) is 4.56. The molecule has 0 unspecified atom stereocenters. The van der Waals surface area contributed by atoms with E-state index in [0.717, 1.165) is 33.8 Å². The molecule has 152 valence electrons. The average Bonchev–Trinajstić information content (AvgIpc) is 3.23. The summed E-state index contributed by atoms with van der Waals surface area (Å²) in [6, 6.07) is 15.2. The molecule has 4 rings (SSSR count). The molecule has 0 saturated heterocycles. The maximum atomic E-state index is 12.8. The summed E-state index contributed by atoms with van der Waals surface area (Å²) in [5.74, 6) is 1.44. The summed E-state index contributed by atoms with van der Waals surface area (Å²) in [4.78, 5) is 8.36. The molecule has 0 atom stereocenters. The molecule has 0 fully saturated rings. The van der Waals surface area contributed by atoms with Crippen molar-refractivity contribution in [2.75, 3.05) is 13.8 Å². The summed E-state index contributed by atoms with van der Waals surface area (Å²) in [7, 11) is 1.61. The number of nitrogens with zero attached hydrogens (tertiary/aromatic N) is 4. The van der Waals surface area contributed by atoms with Gasteiger partial charge < -0.3 is 9.47 Å². The molecular weight excluding hydrogens is 383 g/mol. The SMILES string of the molecule is COc1ccc(COc2ccc(-c3nn(CCF)cc3-c3ccncc3)cc2)nc1. The highest BCUT2D eigenvalue weighted by atomic mass is 19.1. The summed E-state index contributed by atoms with van der Waals surface area (Å²) in [6.45, 7) is 0.105. The molecule has 6 nitrogen and oxygen atoms in total. The van der Waals surface area contributed by atoms with Crippen LogP contribution in [0.2, 0.25) is 0 Å². The zero-order valence-corrected chi connectivity index (χ0v) is 16.5. The Morgan fingerprint density at radius 1 is 0.933 bits per heavy atom. The lowest BCUT2D eigenvalue weighted by molar-refractivity contribution is 0.301. The Morgan fingerprint density at radius 3 is 2.37 bits per heavy atom. The minimum Gasteiger partial charge on any atom is -0.495 e. The monoisotopic (exact) mass is 404 g/mol. The van der Waals surface area contributed by atoms with E-state index < -0.39 is 6.67 Å². The maximum Gasteiger partial charge on any atom is 0.137 e. The standard InChI is InChI=1S/C23H21FN4O2/c1-29-21-7-4-19(26-14-21)16-30-20-5-2-18(3-6-20)23-22(15-28(27-23)13-10-24)17-8-11-25-12-9-17/h2-9,11-12,14-15H,10,13,16H2,1H3. The zero-order valence-electron chi connectivity index (χ0n) is 16.5. The molecule has 7 heteroatoms. The van der Waals surface area contributed by atoms with Gasteiger partial charge in [0.25, 0.3) is 0 Å². The first-order chi connectivity index (χ1) is 14.8. The van der Waals surface area contributed by atoms with Gasteiger partial charge in [0, 0.05) is 29.7 Å². The summed E-state index contributed by atoms with van der Waals surface area (Å²) in [5, 5.41) is 4.58. The molecule has 0 spiro atoms. The van der Waals surface area contributed by atoms with E-state index in [1.54, 1.807) is 30.4 Å². The number of benzene rings is 1. The highest BCUT2D eigenvalue weighted by Crippen LogP contribution is 2.31. The topological polar surface area (TPSA) is 62.1 Å². The third-order valence-corrected chi connectivity index (χ3v) is 4.61.